The predicted octanol–water partition coefficient (Wildman–Crippen LogP) is 6.39. The van der Waals surface area contributed by atoms with Crippen molar-refractivity contribution in [2.75, 3.05) is 6.54 Å². The highest BCUT2D eigenvalue weighted by molar-refractivity contribution is 5.79. The number of carbonyl (C=O) groups excluding carboxylic acids is 1. The van der Waals surface area contributed by atoms with Crippen molar-refractivity contribution in [3.63, 3.8) is 0 Å². The Morgan fingerprint density at radius 1 is 0.744 bits per heavy atom. The summed E-state index contributed by atoms with van der Waals surface area (Å²) in [7, 11) is 0. The summed E-state index contributed by atoms with van der Waals surface area (Å²) >= 11 is 0. The van der Waals surface area contributed by atoms with Gasteiger partial charge in [0.05, 0.1) is 5.52 Å². The lowest BCUT2D eigenvalue weighted by atomic mass is 9.98. The molecule has 1 aromatic heterocycles. The van der Waals surface area contributed by atoms with Gasteiger partial charge in [-0.2, -0.15) is 0 Å². The molecule has 6 heteroatoms. The van der Waals surface area contributed by atoms with Crippen LogP contribution >= 0.6 is 0 Å². The molecule has 2 atom stereocenters. The third kappa shape index (κ3) is 5.61. The lowest BCUT2D eigenvalue weighted by Gasteiger charge is -2.37. The molecule has 1 aliphatic rings. The van der Waals surface area contributed by atoms with Gasteiger partial charge in [0.15, 0.2) is 0 Å². The van der Waals surface area contributed by atoms with Gasteiger partial charge in [-0.3, -0.25) is 9.69 Å². The number of hydrogen-bond acceptors (Lipinski definition) is 4. The molecule has 0 bridgehead atoms. The summed E-state index contributed by atoms with van der Waals surface area (Å²) in [5.41, 5.74) is 5.54. The third-order valence-corrected chi connectivity index (χ3v) is 7.65. The zero-order chi connectivity index (χ0) is 26.4. The molecule has 1 fully saturated rings. The minimum atomic E-state index is -0.244. The molecule has 2 heterocycles. The molecule has 0 saturated carbocycles. The molecular weight excluding hydrogens is 482 g/mol. The second-order valence-electron chi connectivity index (χ2n) is 10.2. The Morgan fingerprint density at radius 2 is 1.33 bits per heavy atom. The molecular formula is C33H33N5O. The monoisotopic (exact) mass is 515 g/mol. The second-order valence-corrected chi connectivity index (χ2v) is 10.2. The van der Waals surface area contributed by atoms with E-state index in [2.05, 4.69) is 106 Å². The number of fused-ring (bicyclic) bond motifs is 1. The quantitative estimate of drug-likeness (QED) is 0.216. The van der Waals surface area contributed by atoms with E-state index in [-0.39, 0.29) is 18.1 Å². The highest BCUT2D eigenvalue weighted by Gasteiger charge is 2.35. The van der Waals surface area contributed by atoms with Crippen LogP contribution in [0.3, 0.4) is 0 Å². The van der Waals surface area contributed by atoms with Crippen molar-refractivity contribution in [2.24, 2.45) is 0 Å². The van der Waals surface area contributed by atoms with Gasteiger partial charge in [-0.15, -0.1) is 5.10 Å². The summed E-state index contributed by atoms with van der Waals surface area (Å²) in [5, 5.41) is 9.06. The average Bonchev–Trinajstić information content (AvgIpc) is 3.61. The standard InChI is InChI=1S/C33H33N5O/c39-33-21-12-22-37(33)32(38-30-20-11-10-19-29(30)34-35-38)23-31(28-17-8-3-9-18-28)36(24-26-13-4-1-5-14-26)25-27-15-6-2-7-16-27/h1-11,13-20,31-32H,12,21-25H2. The molecule has 196 valence electrons. The molecule has 1 aliphatic heterocycles. The maximum atomic E-state index is 13.2. The first-order chi connectivity index (χ1) is 19.3. The van der Waals surface area contributed by atoms with E-state index in [1.54, 1.807) is 0 Å². The number of aromatic nitrogens is 3. The van der Waals surface area contributed by atoms with E-state index in [0.717, 1.165) is 37.1 Å². The molecule has 4 aromatic carbocycles. The molecule has 6 nitrogen and oxygen atoms in total. The molecule has 1 saturated heterocycles. The third-order valence-electron chi connectivity index (χ3n) is 7.65. The van der Waals surface area contributed by atoms with Crippen LogP contribution in [-0.4, -0.2) is 37.2 Å². The van der Waals surface area contributed by atoms with Gasteiger partial charge in [-0.1, -0.05) is 108 Å². The summed E-state index contributed by atoms with van der Waals surface area (Å²) in [6, 6.07) is 40.0. The van der Waals surface area contributed by atoms with E-state index < -0.39 is 0 Å². The van der Waals surface area contributed by atoms with Gasteiger partial charge in [0.2, 0.25) is 5.91 Å². The number of hydrogen-bond donors (Lipinski definition) is 0. The maximum absolute atomic E-state index is 13.2. The van der Waals surface area contributed by atoms with Gasteiger partial charge in [0, 0.05) is 38.5 Å². The molecule has 0 radical (unpaired) electrons. The second kappa shape index (κ2) is 11.6. The Hall–Kier alpha value is -4.29. The van der Waals surface area contributed by atoms with Gasteiger partial charge < -0.3 is 4.90 Å². The zero-order valence-corrected chi connectivity index (χ0v) is 22.0. The number of amides is 1. The van der Waals surface area contributed by atoms with Crippen molar-refractivity contribution in [3.05, 3.63) is 132 Å². The normalized spacial score (nSPS) is 15.2. The van der Waals surface area contributed by atoms with Crippen molar-refractivity contribution in [1.29, 1.82) is 0 Å². The van der Waals surface area contributed by atoms with Gasteiger partial charge in [0.25, 0.3) is 0 Å². The molecule has 0 N–H and O–H groups in total. The first kappa shape index (κ1) is 25.0. The van der Waals surface area contributed by atoms with E-state index >= 15 is 0 Å². The lowest BCUT2D eigenvalue weighted by molar-refractivity contribution is -0.132. The number of benzene rings is 4. The van der Waals surface area contributed by atoms with Crippen LogP contribution in [0.15, 0.2) is 115 Å². The summed E-state index contributed by atoms with van der Waals surface area (Å²) in [6.07, 6.45) is 1.90. The topological polar surface area (TPSA) is 54.3 Å². The number of para-hydroxylation sites is 1. The molecule has 6 rings (SSSR count). The number of likely N-dealkylation sites (tertiary alicyclic amines) is 1. The Morgan fingerprint density at radius 3 is 1.95 bits per heavy atom. The van der Waals surface area contributed by atoms with Crippen LogP contribution in [0.4, 0.5) is 0 Å². The molecule has 2 unspecified atom stereocenters. The van der Waals surface area contributed by atoms with Crippen molar-refractivity contribution in [2.45, 2.75) is 44.6 Å². The van der Waals surface area contributed by atoms with Gasteiger partial charge in [-0.05, 0) is 35.2 Å². The Bertz CT molecular complexity index is 1460. The lowest BCUT2D eigenvalue weighted by Crippen LogP contribution is -2.38. The predicted molar refractivity (Wildman–Crippen MR) is 153 cm³/mol. The highest BCUT2D eigenvalue weighted by Crippen LogP contribution is 2.36. The fourth-order valence-electron chi connectivity index (χ4n) is 5.73. The van der Waals surface area contributed by atoms with Crippen molar-refractivity contribution < 1.29 is 4.79 Å². The number of nitrogens with zero attached hydrogens (tertiary/aromatic N) is 5. The molecule has 0 aliphatic carbocycles. The summed E-state index contributed by atoms with van der Waals surface area (Å²) in [5.74, 6) is 0.184. The zero-order valence-electron chi connectivity index (χ0n) is 22.0. The number of carbonyl (C=O) groups is 1. The summed E-state index contributed by atoms with van der Waals surface area (Å²) in [6.45, 7) is 2.30. The minimum Gasteiger partial charge on any atom is -0.320 e. The van der Waals surface area contributed by atoms with E-state index in [1.807, 2.05) is 33.8 Å². The van der Waals surface area contributed by atoms with E-state index in [0.29, 0.717) is 12.8 Å². The van der Waals surface area contributed by atoms with Crippen LogP contribution < -0.4 is 0 Å². The van der Waals surface area contributed by atoms with Crippen LogP contribution in [0.25, 0.3) is 11.0 Å². The first-order valence-corrected chi connectivity index (χ1v) is 13.7. The van der Waals surface area contributed by atoms with Crippen molar-refractivity contribution in [1.82, 2.24) is 24.8 Å². The highest BCUT2D eigenvalue weighted by atomic mass is 16.2. The largest absolute Gasteiger partial charge is 0.320 e. The fourth-order valence-corrected chi connectivity index (χ4v) is 5.73. The van der Waals surface area contributed by atoms with Crippen LogP contribution in [0, 0.1) is 0 Å². The molecule has 5 aromatic rings. The SMILES string of the molecule is O=C1CCCN1C(CC(c1ccccc1)N(Cc1ccccc1)Cc1ccccc1)n1nnc2ccccc21. The molecule has 39 heavy (non-hydrogen) atoms. The average molecular weight is 516 g/mol. The smallest absolute Gasteiger partial charge is 0.224 e. The Kier molecular flexibility index (Phi) is 7.45. The first-order valence-electron chi connectivity index (χ1n) is 13.7. The van der Waals surface area contributed by atoms with Gasteiger partial charge >= 0.3 is 0 Å². The Labute approximate surface area is 229 Å². The molecule has 0 spiro atoms. The van der Waals surface area contributed by atoms with E-state index in [4.69, 9.17) is 0 Å². The minimum absolute atomic E-state index is 0.0352. The summed E-state index contributed by atoms with van der Waals surface area (Å²) < 4.78 is 1.97. The van der Waals surface area contributed by atoms with Crippen LogP contribution in [0.1, 0.15) is 48.2 Å². The van der Waals surface area contributed by atoms with E-state index in [9.17, 15) is 4.79 Å². The number of rotatable bonds is 10. The van der Waals surface area contributed by atoms with Gasteiger partial charge in [0.1, 0.15) is 11.7 Å². The van der Waals surface area contributed by atoms with Crippen LogP contribution in [0.5, 0.6) is 0 Å². The van der Waals surface area contributed by atoms with Crippen LogP contribution in [-0.2, 0) is 17.9 Å². The molecule has 1 amide bonds. The van der Waals surface area contributed by atoms with Crippen molar-refractivity contribution >= 4 is 16.9 Å². The van der Waals surface area contributed by atoms with Gasteiger partial charge in [-0.25, -0.2) is 4.68 Å². The summed E-state index contributed by atoms with van der Waals surface area (Å²) in [4.78, 5) is 17.7. The fraction of sp³-hybridized carbons (Fsp3) is 0.242. The maximum Gasteiger partial charge on any atom is 0.224 e. The van der Waals surface area contributed by atoms with Crippen LogP contribution in [0.2, 0.25) is 0 Å². The van der Waals surface area contributed by atoms with E-state index in [1.165, 1.54) is 16.7 Å². The van der Waals surface area contributed by atoms with Crippen molar-refractivity contribution in [3.8, 4) is 0 Å². The Balaban J connectivity index is 1.44.